The van der Waals surface area contributed by atoms with Gasteiger partial charge in [0.1, 0.15) is 33.8 Å². The minimum atomic E-state index is -1.69. The van der Waals surface area contributed by atoms with E-state index in [1.54, 1.807) is 6.92 Å². The van der Waals surface area contributed by atoms with Gasteiger partial charge in [0.05, 0.1) is 28.3 Å². The van der Waals surface area contributed by atoms with Gasteiger partial charge in [-0.2, -0.15) is 0 Å². The molecule has 0 fully saturated rings. The van der Waals surface area contributed by atoms with E-state index in [-0.39, 0.29) is 56.8 Å². The molecule has 3 aromatic carbocycles. The van der Waals surface area contributed by atoms with E-state index >= 15 is 0 Å². The first-order valence-electron chi connectivity index (χ1n) is 11.5. The lowest BCUT2D eigenvalue weighted by Crippen LogP contribution is -2.12. The topological polar surface area (TPSA) is 185 Å². The second kappa shape index (κ2) is 8.99. The number of hydrogen-bond donors (Lipinski definition) is 4. The number of rotatable bonds is 5. The number of carbonyl (C=O) groups excluding carboxylic acids is 1. The maximum atomic E-state index is 13.6. The van der Waals surface area contributed by atoms with Crippen LogP contribution in [0.3, 0.4) is 0 Å². The number of carboxylic acid groups (broad SMARTS) is 1. The Hall–Kier alpha value is -5.16. The van der Waals surface area contributed by atoms with Crippen LogP contribution in [0.25, 0.3) is 44.2 Å². The molecule has 0 amide bonds. The van der Waals surface area contributed by atoms with Gasteiger partial charge in [-0.05, 0) is 37.1 Å². The summed E-state index contributed by atoms with van der Waals surface area (Å²) in [7, 11) is 1.43. The highest BCUT2D eigenvalue weighted by Crippen LogP contribution is 2.39. The highest BCUT2D eigenvalue weighted by atomic mass is 16.5. The largest absolute Gasteiger partial charge is 0.508 e. The van der Waals surface area contributed by atoms with Crippen LogP contribution in [0.5, 0.6) is 17.2 Å². The van der Waals surface area contributed by atoms with Crippen molar-refractivity contribution in [3.05, 3.63) is 73.0 Å². The Labute approximate surface area is 217 Å². The van der Waals surface area contributed by atoms with E-state index in [0.29, 0.717) is 11.1 Å². The van der Waals surface area contributed by atoms with Gasteiger partial charge < -0.3 is 34.0 Å². The summed E-state index contributed by atoms with van der Waals surface area (Å²) in [5, 5.41) is 39.4. The number of ether oxygens (including phenoxy) is 1. The molecule has 0 unspecified atom stereocenters. The van der Waals surface area contributed by atoms with Crippen LogP contribution in [-0.4, -0.2) is 39.3 Å². The summed E-state index contributed by atoms with van der Waals surface area (Å²) in [6.45, 7) is 2.81. The van der Waals surface area contributed by atoms with Gasteiger partial charge in [0, 0.05) is 30.9 Å². The molecule has 5 aromatic rings. The van der Waals surface area contributed by atoms with Gasteiger partial charge in [-0.25, -0.2) is 4.79 Å². The summed E-state index contributed by atoms with van der Waals surface area (Å²) in [4.78, 5) is 51.4. The Bertz CT molecular complexity index is 2010. The SMILES string of the molecule is COCc1cc(O)cc2oc(-c3cc4c(=O)c5c(C(=O)O)c(O)c(O)cc5oc4c(C(C)=O)c3C)cc(=O)c12. The van der Waals surface area contributed by atoms with Crippen LogP contribution in [0, 0.1) is 6.92 Å². The second-order valence-corrected chi connectivity index (χ2v) is 8.97. The average molecular weight is 532 g/mol. The molecule has 2 heterocycles. The Balaban J connectivity index is 1.94. The van der Waals surface area contributed by atoms with E-state index in [4.69, 9.17) is 13.6 Å². The number of carboxylic acids is 1. The lowest BCUT2D eigenvalue weighted by Gasteiger charge is -2.14. The summed E-state index contributed by atoms with van der Waals surface area (Å²) in [5.74, 6) is -4.25. The lowest BCUT2D eigenvalue weighted by molar-refractivity contribution is 0.0694. The molecule has 11 nitrogen and oxygen atoms in total. The van der Waals surface area contributed by atoms with E-state index in [1.807, 2.05) is 0 Å². The second-order valence-electron chi connectivity index (χ2n) is 8.97. The van der Waals surface area contributed by atoms with Crippen LogP contribution in [0.4, 0.5) is 0 Å². The molecule has 0 atom stereocenters. The molecule has 11 heteroatoms. The van der Waals surface area contributed by atoms with E-state index in [2.05, 4.69) is 0 Å². The fourth-order valence-corrected chi connectivity index (χ4v) is 4.86. The molecule has 0 radical (unpaired) electrons. The summed E-state index contributed by atoms with van der Waals surface area (Å²) < 4.78 is 16.8. The molecular weight excluding hydrogens is 512 g/mol. The van der Waals surface area contributed by atoms with Gasteiger partial charge in [0.2, 0.25) is 5.43 Å². The third kappa shape index (κ3) is 3.87. The molecular formula is C28H20O11. The van der Waals surface area contributed by atoms with E-state index < -0.39 is 45.1 Å². The molecule has 0 saturated heterocycles. The number of carbonyl (C=O) groups is 2. The normalized spacial score (nSPS) is 11.5. The van der Waals surface area contributed by atoms with Gasteiger partial charge >= 0.3 is 5.97 Å². The van der Waals surface area contributed by atoms with Crippen molar-refractivity contribution in [1.82, 2.24) is 0 Å². The van der Waals surface area contributed by atoms with Crippen molar-refractivity contribution in [2.45, 2.75) is 20.5 Å². The number of phenolic OH excluding ortho intramolecular Hbond substituents is 2. The lowest BCUT2D eigenvalue weighted by atomic mass is 9.93. The molecule has 0 saturated carbocycles. The standard InChI is InChI=1S/C28H20O11/c1-10-14(18-7-16(31)22-12(9-37-3)4-13(30)5-19(22)38-18)6-15-25(33)23-20(39-27(15)21(10)11(2)29)8-17(32)26(34)24(23)28(35)36/h4-8,30,32,34H,9H2,1-3H3,(H,35,36). The van der Waals surface area contributed by atoms with Crippen molar-refractivity contribution in [3.8, 4) is 28.6 Å². The highest BCUT2D eigenvalue weighted by molar-refractivity contribution is 6.12. The molecule has 198 valence electrons. The number of fused-ring (bicyclic) bond motifs is 3. The van der Waals surface area contributed by atoms with Gasteiger partial charge in [0.25, 0.3) is 0 Å². The Morgan fingerprint density at radius 3 is 2.26 bits per heavy atom. The molecule has 5 rings (SSSR count). The first-order chi connectivity index (χ1) is 18.4. The number of benzene rings is 3. The van der Waals surface area contributed by atoms with Crippen LogP contribution in [0.2, 0.25) is 0 Å². The maximum absolute atomic E-state index is 13.6. The number of ketones is 1. The Morgan fingerprint density at radius 1 is 0.923 bits per heavy atom. The maximum Gasteiger partial charge on any atom is 0.340 e. The summed E-state index contributed by atoms with van der Waals surface area (Å²) in [5.41, 5.74) is -1.92. The molecule has 0 aliphatic heterocycles. The Kier molecular flexibility index (Phi) is 5.88. The summed E-state index contributed by atoms with van der Waals surface area (Å²) in [6, 6.07) is 5.98. The molecule has 0 aliphatic rings. The molecule has 0 spiro atoms. The number of methoxy groups -OCH3 is 1. The number of hydrogen-bond acceptors (Lipinski definition) is 10. The minimum Gasteiger partial charge on any atom is -0.508 e. The van der Waals surface area contributed by atoms with Crippen molar-refractivity contribution in [1.29, 1.82) is 0 Å². The van der Waals surface area contributed by atoms with E-state index in [9.17, 15) is 39.6 Å². The van der Waals surface area contributed by atoms with E-state index in [0.717, 1.165) is 6.07 Å². The zero-order chi connectivity index (χ0) is 28.3. The molecule has 0 bridgehead atoms. The van der Waals surface area contributed by atoms with Crippen LogP contribution < -0.4 is 10.9 Å². The van der Waals surface area contributed by atoms with Crippen molar-refractivity contribution in [3.63, 3.8) is 0 Å². The minimum absolute atomic E-state index is 0.0287. The third-order valence-electron chi connectivity index (χ3n) is 6.50. The van der Waals surface area contributed by atoms with Gasteiger partial charge in [-0.1, -0.05) is 0 Å². The quantitative estimate of drug-likeness (QED) is 0.144. The van der Waals surface area contributed by atoms with Crippen LogP contribution in [0.1, 0.15) is 38.8 Å². The van der Waals surface area contributed by atoms with Crippen molar-refractivity contribution in [2.75, 3.05) is 7.11 Å². The Morgan fingerprint density at radius 2 is 1.62 bits per heavy atom. The van der Waals surface area contributed by atoms with Crippen molar-refractivity contribution in [2.24, 2.45) is 0 Å². The highest BCUT2D eigenvalue weighted by Gasteiger charge is 2.27. The number of phenols is 3. The van der Waals surface area contributed by atoms with Crippen LogP contribution in [0.15, 0.2) is 48.8 Å². The van der Waals surface area contributed by atoms with Crippen LogP contribution >= 0.6 is 0 Å². The number of aromatic carboxylic acids is 1. The summed E-state index contributed by atoms with van der Waals surface area (Å²) >= 11 is 0. The zero-order valence-electron chi connectivity index (χ0n) is 20.7. The monoisotopic (exact) mass is 532 g/mol. The molecule has 0 aliphatic carbocycles. The van der Waals surface area contributed by atoms with Crippen molar-refractivity contribution >= 4 is 44.7 Å². The summed E-state index contributed by atoms with van der Waals surface area (Å²) in [6.07, 6.45) is 0. The number of Topliss-reactive ketones (excluding diaryl/α,β-unsaturated/α-hetero) is 1. The smallest absolute Gasteiger partial charge is 0.340 e. The first kappa shape index (κ1) is 25.5. The first-order valence-corrected chi connectivity index (χ1v) is 11.5. The van der Waals surface area contributed by atoms with Gasteiger partial charge in [-0.15, -0.1) is 0 Å². The van der Waals surface area contributed by atoms with Crippen LogP contribution in [-0.2, 0) is 11.3 Å². The predicted molar refractivity (Wildman–Crippen MR) is 139 cm³/mol. The fraction of sp³-hybridized carbons (Fsp3) is 0.143. The third-order valence-corrected chi connectivity index (χ3v) is 6.50. The molecule has 39 heavy (non-hydrogen) atoms. The van der Waals surface area contributed by atoms with Crippen molar-refractivity contribution < 1.29 is 43.6 Å². The average Bonchev–Trinajstić information content (AvgIpc) is 2.84. The zero-order valence-corrected chi connectivity index (χ0v) is 20.7. The number of aromatic hydroxyl groups is 3. The molecule has 4 N–H and O–H groups in total. The van der Waals surface area contributed by atoms with Gasteiger partial charge in [-0.3, -0.25) is 14.4 Å². The fourth-order valence-electron chi connectivity index (χ4n) is 4.86. The molecule has 2 aromatic heterocycles. The van der Waals surface area contributed by atoms with E-state index in [1.165, 1.54) is 38.3 Å². The van der Waals surface area contributed by atoms with Gasteiger partial charge in [0.15, 0.2) is 22.7 Å². The predicted octanol–water partition coefficient (Wildman–Crippen LogP) is 4.19.